The van der Waals surface area contributed by atoms with E-state index in [1.54, 1.807) is 21.3 Å². The SMILES string of the molecule is CCCc1noc(CCC(=O)N2CCN(Cc3ccc(OC)c(OC)c3OC)CC2)n1. The number of amides is 1. The quantitative estimate of drug-likeness (QED) is 0.565. The number of benzene rings is 1. The average Bonchev–Trinajstić information content (AvgIpc) is 3.25. The molecule has 1 amide bonds. The first-order valence-electron chi connectivity index (χ1n) is 10.7. The van der Waals surface area contributed by atoms with Gasteiger partial charge in [0.25, 0.3) is 0 Å². The minimum atomic E-state index is 0.124. The Balaban J connectivity index is 1.50. The monoisotopic (exact) mass is 432 g/mol. The van der Waals surface area contributed by atoms with E-state index in [0.29, 0.717) is 61.4 Å². The summed E-state index contributed by atoms with van der Waals surface area (Å²) in [5, 5.41) is 3.94. The number of nitrogens with zero attached hydrogens (tertiary/aromatic N) is 4. The summed E-state index contributed by atoms with van der Waals surface area (Å²) in [6.07, 6.45) is 2.64. The minimum absolute atomic E-state index is 0.124. The number of ether oxygens (including phenoxy) is 3. The van der Waals surface area contributed by atoms with Gasteiger partial charge >= 0.3 is 0 Å². The topological polar surface area (TPSA) is 90.2 Å². The maximum Gasteiger partial charge on any atom is 0.227 e. The van der Waals surface area contributed by atoms with Crippen LogP contribution in [0, 0.1) is 0 Å². The van der Waals surface area contributed by atoms with E-state index in [1.165, 1.54) is 0 Å². The molecule has 1 aliphatic rings. The van der Waals surface area contributed by atoms with Gasteiger partial charge in [-0.15, -0.1) is 0 Å². The van der Waals surface area contributed by atoms with Crippen molar-refractivity contribution in [3.8, 4) is 17.2 Å². The molecule has 3 rings (SSSR count). The van der Waals surface area contributed by atoms with Gasteiger partial charge in [-0.1, -0.05) is 18.1 Å². The van der Waals surface area contributed by atoms with Crippen LogP contribution in [-0.4, -0.2) is 73.4 Å². The Morgan fingerprint density at radius 3 is 2.42 bits per heavy atom. The summed E-state index contributed by atoms with van der Waals surface area (Å²) >= 11 is 0. The van der Waals surface area contributed by atoms with E-state index in [-0.39, 0.29) is 5.91 Å². The number of carbonyl (C=O) groups excluding carboxylic acids is 1. The smallest absolute Gasteiger partial charge is 0.227 e. The van der Waals surface area contributed by atoms with Gasteiger partial charge in [-0.05, 0) is 12.5 Å². The molecule has 170 valence electrons. The third kappa shape index (κ3) is 5.66. The largest absolute Gasteiger partial charge is 0.493 e. The first-order chi connectivity index (χ1) is 15.1. The number of aryl methyl sites for hydroxylation is 2. The van der Waals surface area contributed by atoms with Crippen LogP contribution in [0.15, 0.2) is 16.7 Å². The molecular weight excluding hydrogens is 400 g/mol. The van der Waals surface area contributed by atoms with E-state index in [1.807, 2.05) is 17.0 Å². The second-order valence-electron chi connectivity index (χ2n) is 7.50. The molecule has 1 aromatic heterocycles. The summed E-state index contributed by atoms with van der Waals surface area (Å²) in [7, 11) is 4.84. The Bertz CT molecular complexity index is 862. The minimum Gasteiger partial charge on any atom is -0.493 e. The van der Waals surface area contributed by atoms with Crippen LogP contribution in [-0.2, 0) is 24.2 Å². The molecule has 1 aromatic carbocycles. The number of rotatable bonds is 10. The van der Waals surface area contributed by atoms with Crippen molar-refractivity contribution in [2.45, 2.75) is 39.2 Å². The van der Waals surface area contributed by atoms with Crippen LogP contribution in [0.2, 0.25) is 0 Å². The number of hydrogen-bond donors (Lipinski definition) is 0. The molecule has 9 nitrogen and oxygen atoms in total. The highest BCUT2D eigenvalue weighted by atomic mass is 16.5. The van der Waals surface area contributed by atoms with E-state index in [4.69, 9.17) is 18.7 Å². The van der Waals surface area contributed by atoms with E-state index in [2.05, 4.69) is 22.0 Å². The van der Waals surface area contributed by atoms with Gasteiger partial charge in [0.05, 0.1) is 21.3 Å². The predicted molar refractivity (Wildman–Crippen MR) is 115 cm³/mol. The molecule has 1 aliphatic heterocycles. The van der Waals surface area contributed by atoms with Crippen LogP contribution in [0.1, 0.15) is 37.0 Å². The molecule has 0 saturated carbocycles. The lowest BCUT2D eigenvalue weighted by molar-refractivity contribution is -0.133. The zero-order chi connectivity index (χ0) is 22.2. The van der Waals surface area contributed by atoms with Crippen molar-refractivity contribution >= 4 is 5.91 Å². The third-order valence-electron chi connectivity index (χ3n) is 5.44. The molecule has 2 heterocycles. The van der Waals surface area contributed by atoms with Crippen molar-refractivity contribution < 1.29 is 23.5 Å². The number of methoxy groups -OCH3 is 3. The number of piperazine rings is 1. The summed E-state index contributed by atoms with van der Waals surface area (Å²) in [5.74, 6) is 3.29. The van der Waals surface area contributed by atoms with Gasteiger partial charge in [-0.2, -0.15) is 4.98 Å². The molecule has 1 saturated heterocycles. The molecular formula is C22H32N4O5. The fraction of sp³-hybridized carbons (Fsp3) is 0.591. The summed E-state index contributed by atoms with van der Waals surface area (Å²) in [6.45, 7) is 5.77. The van der Waals surface area contributed by atoms with Crippen molar-refractivity contribution in [1.82, 2.24) is 19.9 Å². The average molecular weight is 433 g/mol. The van der Waals surface area contributed by atoms with Crippen LogP contribution >= 0.6 is 0 Å². The van der Waals surface area contributed by atoms with Crippen molar-refractivity contribution in [2.24, 2.45) is 0 Å². The molecule has 0 aliphatic carbocycles. The normalized spacial score (nSPS) is 14.5. The second-order valence-corrected chi connectivity index (χ2v) is 7.50. The Morgan fingerprint density at radius 1 is 1.03 bits per heavy atom. The van der Waals surface area contributed by atoms with Gasteiger partial charge in [0.15, 0.2) is 17.3 Å². The summed E-state index contributed by atoms with van der Waals surface area (Å²) in [5.41, 5.74) is 1.03. The van der Waals surface area contributed by atoms with Crippen molar-refractivity contribution in [2.75, 3.05) is 47.5 Å². The molecule has 9 heteroatoms. The lowest BCUT2D eigenvalue weighted by atomic mass is 10.1. The Hall–Kier alpha value is -2.81. The molecule has 2 aromatic rings. The van der Waals surface area contributed by atoms with Gasteiger partial charge in [-0.3, -0.25) is 9.69 Å². The second kappa shape index (κ2) is 11.0. The molecule has 0 radical (unpaired) electrons. The van der Waals surface area contributed by atoms with Gasteiger partial charge in [0, 0.05) is 57.5 Å². The zero-order valence-electron chi connectivity index (χ0n) is 18.8. The Morgan fingerprint density at radius 2 is 1.77 bits per heavy atom. The van der Waals surface area contributed by atoms with E-state index < -0.39 is 0 Å². The number of aromatic nitrogens is 2. The lowest BCUT2D eigenvalue weighted by Gasteiger charge is -2.35. The summed E-state index contributed by atoms with van der Waals surface area (Å²) in [4.78, 5) is 21.1. The van der Waals surface area contributed by atoms with Crippen molar-refractivity contribution in [3.05, 3.63) is 29.4 Å². The molecule has 31 heavy (non-hydrogen) atoms. The summed E-state index contributed by atoms with van der Waals surface area (Å²) in [6, 6.07) is 3.88. The third-order valence-corrected chi connectivity index (χ3v) is 5.44. The lowest BCUT2D eigenvalue weighted by Crippen LogP contribution is -2.48. The highest BCUT2D eigenvalue weighted by molar-refractivity contribution is 5.76. The van der Waals surface area contributed by atoms with Crippen LogP contribution in [0.25, 0.3) is 0 Å². The van der Waals surface area contributed by atoms with Gasteiger partial charge < -0.3 is 23.6 Å². The zero-order valence-corrected chi connectivity index (χ0v) is 18.8. The first kappa shape index (κ1) is 22.9. The van der Waals surface area contributed by atoms with Crippen LogP contribution in [0.5, 0.6) is 17.2 Å². The first-order valence-corrected chi connectivity index (χ1v) is 10.7. The fourth-order valence-corrected chi connectivity index (χ4v) is 3.77. The van der Waals surface area contributed by atoms with Gasteiger partial charge in [0.1, 0.15) is 0 Å². The maximum atomic E-state index is 12.6. The van der Waals surface area contributed by atoms with Crippen molar-refractivity contribution in [3.63, 3.8) is 0 Å². The molecule has 1 fully saturated rings. The number of carbonyl (C=O) groups is 1. The van der Waals surface area contributed by atoms with Crippen molar-refractivity contribution in [1.29, 1.82) is 0 Å². The van der Waals surface area contributed by atoms with E-state index in [0.717, 1.165) is 31.5 Å². The fourth-order valence-electron chi connectivity index (χ4n) is 3.77. The van der Waals surface area contributed by atoms with E-state index >= 15 is 0 Å². The molecule has 0 N–H and O–H groups in total. The molecule has 0 unspecified atom stereocenters. The Labute approximate surface area is 183 Å². The highest BCUT2D eigenvalue weighted by Gasteiger charge is 2.24. The molecule has 0 spiro atoms. The van der Waals surface area contributed by atoms with Crippen LogP contribution < -0.4 is 14.2 Å². The van der Waals surface area contributed by atoms with Gasteiger partial charge in [0.2, 0.25) is 17.5 Å². The Kier molecular flexibility index (Phi) is 8.11. The van der Waals surface area contributed by atoms with E-state index in [9.17, 15) is 4.79 Å². The highest BCUT2D eigenvalue weighted by Crippen LogP contribution is 2.40. The van der Waals surface area contributed by atoms with Gasteiger partial charge in [-0.25, -0.2) is 0 Å². The number of hydrogen-bond acceptors (Lipinski definition) is 8. The predicted octanol–water partition coefficient (Wildman–Crippen LogP) is 2.32. The standard InChI is InChI=1S/C22H32N4O5/c1-5-6-18-23-19(31-24-18)9-10-20(27)26-13-11-25(12-14-26)15-16-7-8-17(28-2)22(30-4)21(16)29-3/h7-8H,5-6,9-15H2,1-4H3. The van der Waals surface area contributed by atoms with Crippen LogP contribution in [0.3, 0.4) is 0 Å². The molecule has 0 atom stereocenters. The molecule has 0 bridgehead atoms. The van der Waals surface area contributed by atoms with Crippen LogP contribution in [0.4, 0.5) is 0 Å². The summed E-state index contributed by atoms with van der Waals surface area (Å²) < 4.78 is 21.6. The maximum absolute atomic E-state index is 12.6.